The zero-order valence-corrected chi connectivity index (χ0v) is 18.9. The van der Waals surface area contributed by atoms with Gasteiger partial charge < -0.3 is 15.7 Å². The highest BCUT2D eigenvalue weighted by Gasteiger charge is 2.27. The zero-order chi connectivity index (χ0) is 23.8. The van der Waals surface area contributed by atoms with Gasteiger partial charge in [-0.1, -0.05) is 19.1 Å². The molecule has 1 atom stereocenters. The van der Waals surface area contributed by atoms with Crippen LogP contribution in [0.1, 0.15) is 30.8 Å². The van der Waals surface area contributed by atoms with Crippen LogP contribution in [0.5, 0.6) is 0 Å². The lowest BCUT2D eigenvalue weighted by Crippen LogP contribution is -2.20. The van der Waals surface area contributed by atoms with Crippen LogP contribution in [0.3, 0.4) is 0 Å². The molecule has 4 aromatic heterocycles. The van der Waals surface area contributed by atoms with Gasteiger partial charge in [0.25, 0.3) is 0 Å². The Morgan fingerprint density at radius 2 is 1.86 bits per heavy atom. The molecular weight excluding hydrogens is 440 g/mol. The van der Waals surface area contributed by atoms with Gasteiger partial charge in [-0.2, -0.15) is 0 Å². The van der Waals surface area contributed by atoms with Gasteiger partial charge in [0.1, 0.15) is 11.9 Å². The fraction of sp³-hybridized carbons (Fsp3) is 0.115. The second kappa shape index (κ2) is 8.62. The summed E-state index contributed by atoms with van der Waals surface area (Å²) >= 11 is 0. The molecule has 5 aromatic rings. The minimum Gasteiger partial charge on any atom is -0.339 e. The number of fused-ring (bicyclic) bond motifs is 2. The Labute approximate surface area is 201 Å². The van der Waals surface area contributed by atoms with Crippen LogP contribution in [0.25, 0.3) is 33.3 Å². The number of H-pyrrole nitrogens is 1. The number of anilines is 2. The number of nitrogens with zero attached hydrogens (tertiary/aromatic N) is 4. The Hall–Kier alpha value is -4.63. The second-order valence-corrected chi connectivity index (χ2v) is 8.32. The first kappa shape index (κ1) is 20.9. The monoisotopic (exact) mass is 462 g/mol. The molecule has 0 fully saturated rings. The molecule has 1 aromatic carbocycles. The van der Waals surface area contributed by atoms with Crippen molar-refractivity contribution < 1.29 is 4.79 Å². The van der Waals surface area contributed by atoms with Gasteiger partial charge in [-0.25, -0.2) is 10.4 Å². The number of nitrogens with one attached hydrogen (secondary N) is 4. The van der Waals surface area contributed by atoms with E-state index in [0.717, 1.165) is 50.4 Å². The van der Waals surface area contributed by atoms with E-state index in [1.165, 1.54) is 0 Å². The maximum atomic E-state index is 11.8. The van der Waals surface area contributed by atoms with Gasteiger partial charge >= 0.3 is 0 Å². The molecule has 5 heterocycles. The molecule has 172 valence electrons. The van der Waals surface area contributed by atoms with Crippen molar-refractivity contribution in [2.45, 2.75) is 19.4 Å². The molecule has 0 radical (unpaired) electrons. The van der Waals surface area contributed by atoms with Gasteiger partial charge in [0, 0.05) is 53.5 Å². The Balaban J connectivity index is 1.37. The number of benzene rings is 1. The van der Waals surface area contributed by atoms with Crippen molar-refractivity contribution in [1.29, 1.82) is 0 Å². The SMILES string of the molecule is CCC(=O)Nc1cncc(-c2ccc3c(c2)C(c2nc4c(-c5cccnc5)cncc4[nH]2)NN3)c1. The average Bonchev–Trinajstić information content (AvgIpc) is 3.53. The normalized spacial score (nSPS) is 14.5. The molecule has 9 heteroatoms. The van der Waals surface area contributed by atoms with Crippen molar-refractivity contribution in [3.8, 4) is 22.3 Å². The van der Waals surface area contributed by atoms with Gasteiger partial charge in [0.15, 0.2) is 0 Å². The van der Waals surface area contributed by atoms with Crippen LogP contribution in [-0.2, 0) is 4.79 Å². The van der Waals surface area contributed by atoms with Crippen LogP contribution in [0.4, 0.5) is 11.4 Å². The van der Waals surface area contributed by atoms with Crippen LogP contribution in [-0.4, -0.2) is 30.8 Å². The fourth-order valence-electron chi connectivity index (χ4n) is 4.28. The number of hydrogen-bond donors (Lipinski definition) is 4. The molecule has 35 heavy (non-hydrogen) atoms. The van der Waals surface area contributed by atoms with E-state index < -0.39 is 0 Å². The summed E-state index contributed by atoms with van der Waals surface area (Å²) < 4.78 is 0. The first-order valence-electron chi connectivity index (χ1n) is 11.3. The summed E-state index contributed by atoms with van der Waals surface area (Å²) in [5.74, 6) is 0.736. The van der Waals surface area contributed by atoms with Gasteiger partial charge in [-0.05, 0) is 29.8 Å². The molecule has 1 amide bonds. The summed E-state index contributed by atoms with van der Waals surface area (Å²) in [6.45, 7) is 1.82. The number of hydrogen-bond acceptors (Lipinski definition) is 7. The van der Waals surface area contributed by atoms with Crippen LogP contribution >= 0.6 is 0 Å². The molecule has 1 unspecified atom stereocenters. The number of rotatable bonds is 5. The number of amides is 1. The highest BCUT2D eigenvalue weighted by atomic mass is 16.1. The summed E-state index contributed by atoms with van der Waals surface area (Å²) in [5, 5.41) is 2.87. The minimum atomic E-state index is -0.185. The van der Waals surface area contributed by atoms with Crippen LogP contribution in [0.15, 0.2) is 73.6 Å². The van der Waals surface area contributed by atoms with E-state index in [-0.39, 0.29) is 11.9 Å². The van der Waals surface area contributed by atoms with Crippen molar-refractivity contribution in [2.24, 2.45) is 0 Å². The third-order valence-corrected chi connectivity index (χ3v) is 6.05. The topological polar surface area (TPSA) is 121 Å². The van der Waals surface area contributed by atoms with Crippen LogP contribution in [0.2, 0.25) is 0 Å². The maximum Gasteiger partial charge on any atom is 0.224 e. The van der Waals surface area contributed by atoms with E-state index in [2.05, 4.69) is 42.2 Å². The molecule has 0 bridgehead atoms. The molecule has 0 saturated carbocycles. The first-order valence-corrected chi connectivity index (χ1v) is 11.3. The number of carbonyl (C=O) groups is 1. The molecular formula is C26H22N8O. The van der Waals surface area contributed by atoms with Crippen molar-refractivity contribution in [3.63, 3.8) is 0 Å². The van der Waals surface area contributed by atoms with E-state index in [1.54, 1.807) is 24.8 Å². The Morgan fingerprint density at radius 1 is 0.971 bits per heavy atom. The number of aromatic nitrogens is 5. The molecule has 0 saturated heterocycles. The zero-order valence-electron chi connectivity index (χ0n) is 18.9. The smallest absolute Gasteiger partial charge is 0.224 e. The summed E-state index contributed by atoms with van der Waals surface area (Å²) in [6, 6.07) is 11.8. The number of hydrazine groups is 1. The second-order valence-electron chi connectivity index (χ2n) is 8.32. The number of carbonyl (C=O) groups excluding carboxylic acids is 1. The Bertz CT molecular complexity index is 1550. The van der Waals surface area contributed by atoms with Crippen LogP contribution < -0.4 is 16.2 Å². The van der Waals surface area contributed by atoms with Gasteiger partial charge in [0.05, 0.1) is 34.8 Å². The first-order chi connectivity index (χ1) is 17.2. The summed E-state index contributed by atoms with van der Waals surface area (Å²) in [5.41, 5.74) is 14.8. The van der Waals surface area contributed by atoms with Crippen molar-refractivity contribution in [2.75, 3.05) is 10.7 Å². The quantitative estimate of drug-likeness (QED) is 0.304. The van der Waals surface area contributed by atoms with E-state index in [4.69, 9.17) is 4.98 Å². The van der Waals surface area contributed by atoms with Gasteiger partial charge in [-0.3, -0.25) is 19.7 Å². The lowest BCUT2D eigenvalue weighted by Gasteiger charge is -2.10. The molecule has 0 spiro atoms. The molecule has 1 aliphatic rings. The summed E-state index contributed by atoms with van der Waals surface area (Å²) in [7, 11) is 0. The van der Waals surface area contributed by atoms with Gasteiger partial charge in [0.2, 0.25) is 5.91 Å². The van der Waals surface area contributed by atoms with Crippen molar-refractivity contribution in [1.82, 2.24) is 30.3 Å². The van der Waals surface area contributed by atoms with Crippen LogP contribution in [0, 0.1) is 0 Å². The average molecular weight is 463 g/mol. The minimum absolute atomic E-state index is 0.0450. The number of aromatic amines is 1. The van der Waals surface area contributed by atoms with Crippen molar-refractivity contribution in [3.05, 3.63) is 85.0 Å². The summed E-state index contributed by atoms with van der Waals surface area (Å²) in [4.78, 5) is 33.1. The Kier molecular flexibility index (Phi) is 5.16. The number of imidazole rings is 1. The summed E-state index contributed by atoms with van der Waals surface area (Å²) in [6.07, 6.45) is 11.0. The molecule has 6 rings (SSSR count). The number of pyridine rings is 3. The van der Waals surface area contributed by atoms with E-state index >= 15 is 0 Å². The molecule has 9 nitrogen and oxygen atoms in total. The van der Waals surface area contributed by atoms with Gasteiger partial charge in [-0.15, -0.1) is 0 Å². The highest BCUT2D eigenvalue weighted by molar-refractivity contribution is 5.92. The third-order valence-electron chi connectivity index (χ3n) is 6.05. The molecule has 1 aliphatic heterocycles. The molecule has 0 aliphatic carbocycles. The van der Waals surface area contributed by atoms with E-state index in [1.807, 2.05) is 49.6 Å². The lowest BCUT2D eigenvalue weighted by molar-refractivity contribution is -0.115. The lowest BCUT2D eigenvalue weighted by atomic mass is 9.99. The van der Waals surface area contributed by atoms with E-state index in [0.29, 0.717) is 12.1 Å². The fourth-order valence-corrected chi connectivity index (χ4v) is 4.28. The maximum absolute atomic E-state index is 11.8. The largest absolute Gasteiger partial charge is 0.339 e. The van der Waals surface area contributed by atoms with E-state index in [9.17, 15) is 4.79 Å². The molecule has 4 N–H and O–H groups in total. The predicted molar refractivity (Wildman–Crippen MR) is 134 cm³/mol. The highest BCUT2D eigenvalue weighted by Crippen LogP contribution is 2.37. The Morgan fingerprint density at radius 3 is 2.71 bits per heavy atom. The standard InChI is InChI=1S/C26H22N8O/c1-2-23(35)30-18-8-17(11-28-12-18)15-5-6-21-19(9-15)25(34-33-21)26-31-22-14-29-13-20(24(22)32-26)16-4-3-7-27-10-16/h3-14,25,33-34H,2H2,1H3,(H,30,35)(H,31,32). The predicted octanol–water partition coefficient (Wildman–Crippen LogP) is 4.45. The van der Waals surface area contributed by atoms with Crippen molar-refractivity contribution >= 4 is 28.3 Å². The third kappa shape index (κ3) is 3.87.